The second kappa shape index (κ2) is 10.1. The van der Waals surface area contributed by atoms with Crippen LogP contribution in [0, 0.1) is 0 Å². The number of methoxy groups -OCH3 is 1. The number of carbonyl (C=O) groups excluding carboxylic acids is 1. The standard InChI is InChI=1S/C26H30N2O6S/c1-5-33-24-16-25-22(23(17-34-25)19-6-8-20(32-3)9-7-19)15-21(24)18(2)14-26(29)27-10-12-28(13-11-27)35(4,30)31/h6-9,14-17H,5,10-13H2,1-4H3/b18-14+. The molecule has 0 spiro atoms. The molecule has 0 saturated carbocycles. The van der Waals surface area contributed by atoms with Gasteiger partial charge in [0, 0.05) is 54.8 Å². The quantitative estimate of drug-likeness (QED) is 0.457. The Morgan fingerprint density at radius 2 is 1.80 bits per heavy atom. The van der Waals surface area contributed by atoms with Gasteiger partial charge in [-0.3, -0.25) is 4.79 Å². The summed E-state index contributed by atoms with van der Waals surface area (Å²) >= 11 is 0. The summed E-state index contributed by atoms with van der Waals surface area (Å²) in [7, 11) is -1.62. The number of fused-ring (bicyclic) bond motifs is 1. The number of benzene rings is 2. The smallest absolute Gasteiger partial charge is 0.246 e. The van der Waals surface area contributed by atoms with Gasteiger partial charge in [0.2, 0.25) is 15.9 Å². The Hall–Kier alpha value is -3.30. The number of piperazine rings is 1. The molecule has 1 aliphatic heterocycles. The van der Waals surface area contributed by atoms with Crippen LogP contribution in [0.1, 0.15) is 19.4 Å². The third-order valence-corrected chi connectivity index (χ3v) is 7.46. The molecular formula is C26H30N2O6S. The molecular weight excluding hydrogens is 468 g/mol. The van der Waals surface area contributed by atoms with Crippen LogP contribution in [0.3, 0.4) is 0 Å². The molecule has 0 unspecified atom stereocenters. The highest BCUT2D eigenvalue weighted by atomic mass is 32.2. The van der Waals surface area contributed by atoms with Crippen molar-refractivity contribution < 1.29 is 27.1 Å². The lowest BCUT2D eigenvalue weighted by molar-refractivity contribution is -0.127. The van der Waals surface area contributed by atoms with Gasteiger partial charge in [-0.15, -0.1) is 0 Å². The molecule has 0 bridgehead atoms. The summed E-state index contributed by atoms with van der Waals surface area (Å²) in [6.07, 6.45) is 4.50. The van der Waals surface area contributed by atoms with E-state index in [0.29, 0.717) is 44.1 Å². The van der Waals surface area contributed by atoms with Gasteiger partial charge in [-0.2, -0.15) is 4.31 Å². The summed E-state index contributed by atoms with van der Waals surface area (Å²) in [6.45, 7) is 5.57. The minimum atomic E-state index is -3.25. The Kier molecular flexibility index (Phi) is 7.18. The van der Waals surface area contributed by atoms with E-state index in [1.165, 1.54) is 10.6 Å². The second-order valence-corrected chi connectivity index (χ2v) is 10.5. The van der Waals surface area contributed by atoms with E-state index < -0.39 is 10.0 Å². The van der Waals surface area contributed by atoms with Crippen LogP contribution in [0.15, 0.2) is 53.2 Å². The topological polar surface area (TPSA) is 89.3 Å². The first-order chi connectivity index (χ1) is 16.7. The van der Waals surface area contributed by atoms with Crippen molar-refractivity contribution in [2.24, 2.45) is 0 Å². The second-order valence-electron chi connectivity index (χ2n) is 8.47. The molecule has 1 saturated heterocycles. The van der Waals surface area contributed by atoms with Crippen molar-refractivity contribution >= 4 is 32.5 Å². The zero-order valence-electron chi connectivity index (χ0n) is 20.4. The minimum absolute atomic E-state index is 0.152. The van der Waals surface area contributed by atoms with E-state index in [1.54, 1.807) is 24.3 Å². The molecule has 0 N–H and O–H groups in total. The van der Waals surface area contributed by atoms with Crippen LogP contribution >= 0.6 is 0 Å². The summed E-state index contributed by atoms with van der Waals surface area (Å²) in [5.74, 6) is 1.26. The summed E-state index contributed by atoms with van der Waals surface area (Å²) in [4.78, 5) is 14.7. The van der Waals surface area contributed by atoms with Gasteiger partial charge in [0.25, 0.3) is 0 Å². The number of nitrogens with zero attached hydrogens (tertiary/aromatic N) is 2. The maximum atomic E-state index is 13.0. The molecule has 1 aliphatic rings. The minimum Gasteiger partial charge on any atom is -0.497 e. The molecule has 1 aromatic heterocycles. The third-order valence-electron chi connectivity index (χ3n) is 6.16. The number of furan rings is 1. The first-order valence-electron chi connectivity index (χ1n) is 11.5. The van der Waals surface area contributed by atoms with Crippen molar-refractivity contribution in [3.05, 3.63) is 54.3 Å². The van der Waals surface area contributed by atoms with Crippen molar-refractivity contribution in [3.8, 4) is 22.6 Å². The number of ether oxygens (including phenoxy) is 2. The maximum absolute atomic E-state index is 13.0. The Balaban J connectivity index is 1.65. The average Bonchev–Trinajstić information content (AvgIpc) is 3.26. The lowest BCUT2D eigenvalue weighted by atomic mass is 9.99. The zero-order chi connectivity index (χ0) is 25.2. The van der Waals surface area contributed by atoms with Crippen LogP contribution < -0.4 is 9.47 Å². The Morgan fingerprint density at radius 1 is 1.11 bits per heavy atom. The normalized spacial score (nSPS) is 15.4. The van der Waals surface area contributed by atoms with Gasteiger partial charge in [-0.1, -0.05) is 12.1 Å². The zero-order valence-corrected chi connectivity index (χ0v) is 21.2. The van der Waals surface area contributed by atoms with Crippen molar-refractivity contribution in [2.45, 2.75) is 13.8 Å². The maximum Gasteiger partial charge on any atom is 0.246 e. The van der Waals surface area contributed by atoms with Crippen LogP contribution in [0.5, 0.6) is 11.5 Å². The van der Waals surface area contributed by atoms with Gasteiger partial charge < -0.3 is 18.8 Å². The van der Waals surface area contributed by atoms with Gasteiger partial charge in [-0.05, 0) is 43.2 Å². The number of rotatable bonds is 7. The van der Waals surface area contributed by atoms with Crippen LogP contribution in [-0.4, -0.2) is 69.7 Å². The van der Waals surface area contributed by atoms with Gasteiger partial charge in [0.05, 0.1) is 26.2 Å². The Labute approximate surface area is 205 Å². The number of hydrogen-bond acceptors (Lipinski definition) is 6. The van der Waals surface area contributed by atoms with Crippen molar-refractivity contribution in [2.75, 3.05) is 46.2 Å². The molecule has 3 aromatic rings. The number of carbonyl (C=O) groups is 1. The van der Waals surface area contributed by atoms with E-state index in [4.69, 9.17) is 13.9 Å². The van der Waals surface area contributed by atoms with E-state index >= 15 is 0 Å². The summed E-state index contributed by atoms with van der Waals surface area (Å²) in [5.41, 5.74) is 4.18. The molecule has 2 aromatic carbocycles. The van der Waals surface area contributed by atoms with E-state index in [9.17, 15) is 13.2 Å². The Bertz CT molecular complexity index is 1350. The molecule has 35 heavy (non-hydrogen) atoms. The largest absolute Gasteiger partial charge is 0.497 e. The molecule has 0 atom stereocenters. The summed E-state index contributed by atoms with van der Waals surface area (Å²) in [6, 6.07) is 11.6. The fraction of sp³-hybridized carbons (Fsp3) is 0.346. The highest BCUT2D eigenvalue weighted by Gasteiger charge is 2.25. The van der Waals surface area contributed by atoms with Crippen LogP contribution in [0.2, 0.25) is 0 Å². The fourth-order valence-corrected chi connectivity index (χ4v) is 5.05. The van der Waals surface area contributed by atoms with E-state index in [1.807, 2.05) is 50.2 Å². The first kappa shape index (κ1) is 24.8. The molecule has 4 rings (SSSR count). The van der Waals surface area contributed by atoms with Crippen molar-refractivity contribution in [3.63, 3.8) is 0 Å². The molecule has 1 amide bonds. The highest BCUT2D eigenvalue weighted by Crippen LogP contribution is 2.38. The van der Waals surface area contributed by atoms with Crippen molar-refractivity contribution in [1.82, 2.24) is 9.21 Å². The van der Waals surface area contributed by atoms with Crippen LogP contribution in [0.25, 0.3) is 27.7 Å². The lowest BCUT2D eigenvalue weighted by Gasteiger charge is -2.32. The monoisotopic (exact) mass is 498 g/mol. The summed E-state index contributed by atoms with van der Waals surface area (Å²) < 4.78 is 41.9. The third kappa shape index (κ3) is 5.36. The molecule has 8 nitrogen and oxygen atoms in total. The number of allylic oxidation sites excluding steroid dienone is 1. The molecule has 0 radical (unpaired) electrons. The number of amides is 1. The molecule has 0 aliphatic carbocycles. The van der Waals surface area contributed by atoms with Gasteiger partial charge in [-0.25, -0.2) is 8.42 Å². The van der Waals surface area contributed by atoms with E-state index in [0.717, 1.165) is 33.4 Å². The lowest BCUT2D eigenvalue weighted by Crippen LogP contribution is -2.49. The number of sulfonamides is 1. The molecule has 1 fully saturated rings. The molecule has 9 heteroatoms. The van der Waals surface area contributed by atoms with Gasteiger partial charge >= 0.3 is 0 Å². The Morgan fingerprint density at radius 3 is 2.40 bits per heavy atom. The van der Waals surface area contributed by atoms with Crippen LogP contribution in [-0.2, 0) is 14.8 Å². The highest BCUT2D eigenvalue weighted by molar-refractivity contribution is 7.88. The number of hydrogen-bond donors (Lipinski definition) is 0. The predicted octanol–water partition coefficient (Wildman–Crippen LogP) is 4.01. The SMILES string of the molecule is CCOc1cc2occ(-c3ccc(OC)cc3)c2cc1/C(C)=C/C(=O)N1CCN(S(C)(=O)=O)CC1. The van der Waals surface area contributed by atoms with Gasteiger partial charge in [0.1, 0.15) is 17.1 Å². The predicted molar refractivity (Wildman–Crippen MR) is 136 cm³/mol. The molecule has 2 heterocycles. The van der Waals surface area contributed by atoms with Gasteiger partial charge in [0.15, 0.2) is 0 Å². The van der Waals surface area contributed by atoms with Crippen molar-refractivity contribution in [1.29, 1.82) is 0 Å². The fourth-order valence-electron chi connectivity index (χ4n) is 4.23. The average molecular weight is 499 g/mol. The first-order valence-corrected chi connectivity index (χ1v) is 13.3. The van der Waals surface area contributed by atoms with Crippen LogP contribution in [0.4, 0.5) is 0 Å². The molecule has 186 valence electrons. The van der Waals surface area contributed by atoms with E-state index in [2.05, 4.69) is 0 Å². The van der Waals surface area contributed by atoms with E-state index in [-0.39, 0.29) is 5.91 Å². The summed E-state index contributed by atoms with van der Waals surface area (Å²) in [5, 5.41) is 0.913.